The summed E-state index contributed by atoms with van der Waals surface area (Å²) in [6.07, 6.45) is 0. The van der Waals surface area contributed by atoms with Gasteiger partial charge in [0.05, 0.1) is 20.7 Å². The van der Waals surface area contributed by atoms with E-state index in [4.69, 9.17) is 39.5 Å². The molecule has 25 heavy (non-hydrogen) atoms. The lowest BCUT2D eigenvalue weighted by molar-refractivity contribution is -0.385. The van der Waals surface area contributed by atoms with Crippen LogP contribution in [0.25, 0.3) is 0 Å². The molecule has 0 aliphatic carbocycles. The lowest BCUT2D eigenvalue weighted by Crippen LogP contribution is -2.21. The summed E-state index contributed by atoms with van der Waals surface area (Å²) in [6.45, 7) is -0.690. The molecule has 10 heteroatoms. The van der Waals surface area contributed by atoms with Crippen LogP contribution in [-0.4, -0.2) is 23.4 Å². The molecule has 0 aliphatic heterocycles. The highest BCUT2D eigenvalue weighted by molar-refractivity contribution is 6.39. The van der Waals surface area contributed by atoms with E-state index in [1.54, 1.807) is 6.07 Å². The van der Waals surface area contributed by atoms with E-state index in [1.807, 2.05) is 0 Å². The number of para-hydroxylation sites is 1. The van der Waals surface area contributed by atoms with Gasteiger partial charge in [0.2, 0.25) is 0 Å². The van der Waals surface area contributed by atoms with E-state index in [1.165, 1.54) is 18.2 Å². The van der Waals surface area contributed by atoms with Crippen LogP contribution in [0.15, 0.2) is 36.4 Å². The van der Waals surface area contributed by atoms with E-state index in [0.29, 0.717) is 0 Å². The largest absolute Gasteiger partial charge is 0.452 e. The number of nitrogens with zero attached hydrogens (tertiary/aromatic N) is 1. The Morgan fingerprint density at radius 3 is 2.36 bits per heavy atom. The first kappa shape index (κ1) is 19.0. The van der Waals surface area contributed by atoms with Crippen molar-refractivity contribution in [2.24, 2.45) is 0 Å². The van der Waals surface area contributed by atoms with Gasteiger partial charge >= 0.3 is 5.97 Å². The van der Waals surface area contributed by atoms with Gasteiger partial charge in [-0.15, -0.1) is 0 Å². The minimum absolute atomic E-state index is 0.116. The summed E-state index contributed by atoms with van der Waals surface area (Å²) in [4.78, 5) is 34.1. The predicted octanol–water partition coefficient (Wildman–Crippen LogP) is 4.35. The first-order chi connectivity index (χ1) is 11.8. The third kappa shape index (κ3) is 4.82. The van der Waals surface area contributed by atoms with E-state index < -0.39 is 29.1 Å². The highest BCUT2D eigenvalue weighted by Crippen LogP contribution is 2.29. The summed E-state index contributed by atoms with van der Waals surface area (Å²) >= 11 is 17.5. The highest BCUT2D eigenvalue weighted by atomic mass is 35.5. The Morgan fingerprint density at radius 2 is 1.76 bits per heavy atom. The van der Waals surface area contributed by atoms with Crippen LogP contribution >= 0.6 is 34.8 Å². The molecule has 130 valence electrons. The molecule has 0 unspecified atom stereocenters. The summed E-state index contributed by atoms with van der Waals surface area (Å²) in [6, 6.07) is 8.06. The molecule has 0 heterocycles. The standard InChI is InChI=1S/C15H9Cl3N2O5/c16-8-4-5-12(20(23)24)9(6-8)15(22)25-7-13(21)19-14-10(17)2-1-3-11(14)18/h1-6H,7H2,(H,19,21). The lowest BCUT2D eigenvalue weighted by atomic mass is 10.2. The van der Waals surface area contributed by atoms with Gasteiger partial charge in [0.15, 0.2) is 6.61 Å². The third-order valence-corrected chi connectivity index (χ3v) is 3.80. The van der Waals surface area contributed by atoms with Crippen molar-refractivity contribution < 1.29 is 19.2 Å². The number of ether oxygens (including phenoxy) is 1. The van der Waals surface area contributed by atoms with Crippen molar-refractivity contribution in [1.29, 1.82) is 0 Å². The second-order valence-corrected chi connectivity index (χ2v) is 5.89. The van der Waals surface area contributed by atoms with Crippen molar-refractivity contribution in [3.63, 3.8) is 0 Å². The summed E-state index contributed by atoms with van der Waals surface area (Å²) < 4.78 is 4.79. The van der Waals surface area contributed by atoms with Gasteiger partial charge in [0.25, 0.3) is 11.6 Å². The molecule has 0 atom stereocenters. The third-order valence-electron chi connectivity index (χ3n) is 2.94. The first-order valence-electron chi connectivity index (χ1n) is 6.64. The molecule has 1 amide bonds. The van der Waals surface area contributed by atoms with Crippen molar-refractivity contribution in [3.05, 3.63) is 67.1 Å². The topological polar surface area (TPSA) is 98.5 Å². The van der Waals surface area contributed by atoms with E-state index in [0.717, 1.165) is 12.1 Å². The summed E-state index contributed by atoms with van der Waals surface area (Å²) in [5.74, 6) is -1.78. The van der Waals surface area contributed by atoms with Crippen LogP contribution < -0.4 is 5.32 Å². The molecule has 0 aliphatic rings. The average molecular weight is 404 g/mol. The molecule has 0 saturated heterocycles. The summed E-state index contributed by atoms with van der Waals surface area (Å²) in [5.41, 5.74) is -0.675. The van der Waals surface area contributed by atoms with Crippen LogP contribution in [0.5, 0.6) is 0 Å². The molecule has 0 aromatic heterocycles. The first-order valence-corrected chi connectivity index (χ1v) is 7.78. The molecule has 2 aromatic rings. The second-order valence-electron chi connectivity index (χ2n) is 4.64. The number of rotatable bonds is 5. The Morgan fingerprint density at radius 1 is 1.12 bits per heavy atom. The number of nitro groups is 1. The number of esters is 1. The zero-order valence-electron chi connectivity index (χ0n) is 12.3. The Bertz CT molecular complexity index is 837. The number of carbonyl (C=O) groups excluding carboxylic acids is 2. The zero-order chi connectivity index (χ0) is 18.6. The molecular formula is C15H9Cl3N2O5. The van der Waals surface area contributed by atoms with Gasteiger partial charge in [0, 0.05) is 11.1 Å². The van der Waals surface area contributed by atoms with Crippen molar-refractivity contribution in [2.75, 3.05) is 11.9 Å². The molecule has 0 spiro atoms. The Balaban J connectivity index is 2.06. The number of benzene rings is 2. The molecule has 0 bridgehead atoms. The molecule has 0 radical (unpaired) electrons. The molecule has 2 rings (SSSR count). The Labute approximate surface area is 156 Å². The molecular weight excluding hydrogens is 395 g/mol. The molecule has 0 saturated carbocycles. The molecule has 7 nitrogen and oxygen atoms in total. The number of carbonyl (C=O) groups is 2. The summed E-state index contributed by atoms with van der Waals surface area (Å²) in [5, 5.41) is 13.9. The maximum Gasteiger partial charge on any atom is 0.345 e. The highest BCUT2D eigenvalue weighted by Gasteiger charge is 2.22. The van der Waals surface area contributed by atoms with Gasteiger partial charge in [-0.05, 0) is 24.3 Å². The van der Waals surface area contributed by atoms with Crippen molar-refractivity contribution in [3.8, 4) is 0 Å². The number of amides is 1. The van der Waals surface area contributed by atoms with Gasteiger partial charge < -0.3 is 10.1 Å². The van der Waals surface area contributed by atoms with Crippen LogP contribution in [0.3, 0.4) is 0 Å². The maximum absolute atomic E-state index is 12.0. The van der Waals surface area contributed by atoms with E-state index >= 15 is 0 Å². The lowest BCUT2D eigenvalue weighted by Gasteiger charge is -2.09. The van der Waals surface area contributed by atoms with E-state index in [2.05, 4.69) is 5.32 Å². The zero-order valence-corrected chi connectivity index (χ0v) is 14.6. The van der Waals surface area contributed by atoms with Gasteiger partial charge in [-0.1, -0.05) is 40.9 Å². The van der Waals surface area contributed by atoms with Crippen molar-refractivity contribution in [1.82, 2.24) is 0 Å². The quantitative estimate of drug-likeness (QED) is 0.454. The molecule has 0 fully saturated rings. The van der Waals surface area contributed by atoms with Crippen molar-refractivity contribution in [2.45, 2.75) is 0 Å². The van der Waals surface area contributed by atoms with E-state index in [9.17, 15) is 19.7 Å². The fourth-order valence-corrected chi connectivity index (χ4v) is 2.50. The number of hydrogen-bond donors (Lipinski definition) is 1. The number of anilines is 1. The fourth-order valence-electron chi connectivity index (χ4n) is 1.83. The van der Waals surface area contributed by atoms with Crippen LogP contribution in [-0.2, 0) is 9.53 Å². The average Bonchev–Trinajstić information content (AvgIpc) is 2.55. The minimum Gasteiger partial charge on any atom is -0.452 e. The molecule has 2 aromatic carbocycles. The van der Waals surface area contributed by atoms with Gasteiger partial charge in [-0.3, -0.25) is 14.9 Å². The normalized spacial score (nSPS) is 10.2. The van der Waals surface area contributed by atoms with Crippen molar-refractivity contribution >= 4 is 58.1 Å². The molecule has 1 N–H and O–H groups in total. The Hall–Kier alpha value is -2.35. The Kier molecular flexibility index (Phi) is 6.19. The van der Waals surface area contributed by atoms with Gasteiger partial charge in [0.1, 0.15) is 5.56 Å². The fraction of sp³-hybridized carbons (Fsp3) is 0.0667. The van der Waals surface area contributed by atoms with Crippen LogP contribution in [0.4, 0.5) is 11.4 Å². The second kappa shape index (κ2) is 8.15. The van der Waals surface area contributed by atoms with Crippen LogP contribution in [0, 0.1) is 10.1 Å². The van der Waals surface area contributed by atoms with Crippen LogP contribution in [0.2, 0.25) is 15.1 Å². The number of halogens is 3. The van der Waals surface area contributed by atoms with Gasteiger partial charge in [-0.25, -0.2) is 4.79 Å². The SMILES string of the molecule is O=C(COC(=O)c1cc(Cl)ccc1[N+](=O)[O-])Nc1c(Cl)cccc1Cl. The minimum atomic E-state index is -1.06. The number of hydrogen-bond acceptors (Lipinski definition) is 5. The predicted molar refractivity (Wildman–Crippen MR) is 93.5 cm³/mol. The maximum atomic E-state index is 12.0. The smallest absolute Gasteiger partial charge is 0.345 e. The van der Waals surface area contributed by atoms with Gasteiger partial charge in [-0.2, -0.15) is 0 Å². The number of nitro benzene ring substituents is 1. The summed E-state index contributed by atoms with van der Waals surface area (Å²) in [7, 11) is 0. The van der Waals surface area contributed by atoms with E-state index in [-0.39, 0.29) is 26.3 Å². The van der Waals surface area contributed by atoms with Crippen LogP contribution in [0.1, 0.15) is 10.4 Å². The number of nitrogens with one attached hydrogen (secondary N) is 1. The monoisotopic (exact) mass is 402 g/mol.